The summed E-state index contributed by atoms with van der Waals surface area (Å²) in [6.07, 6.45) is 2.13. The molecule has 0 unspecified atom stereocenters. The summed E-state index contributed by atoms with van der Waals surface area (Å²) in [6.45, 7) is 2.98. The Labute approximate surface area is 119 Å². The van der Waals surface area contributed by atoms with Crippen LogP contribution in [0.5, 0.6) is 0 Å². The highest BCUT2D eigenvalue weighted by molar-refractivity contribution is 5.92. The van der Waals surface area contributed by atoms with E-state index in [2.05, 4.69) is 16.3 Å². The molecule has 1 aliphatic rings. The van der Waals surface area contributed by atoms with E-state index in [0.29, 0.717) is 23.7 Å². The minimum atomic E-state index is -0.0358. The Bertz CT molecular complexity index is 501. The normalized spacial score (nSPS) is 16.6. The molecule has 0 bridgehead atoms. The largest absolute Gasteiger partial charge is 0.330 e. The van der Waals surface area contributed by atoms with Gasteiger partial charge in [-0.15, -0.1) is 0 Å². The van der Waals surface area contributed by atoms with Crippen LogP contribution in [0, 0.1) is 17.2 Å². The molecule has 0 atom stereocenters. The highest BCUT2D eigenvalue weighted by atomic mass is 16.2. The van der Waals surface area contributed by atoms with E-state index >= 15 is 0 Å². The lowest BCUT2D eigenvalue weighted by molar-refractivity contribution is -0.117. The Morgan fingerprint density at radius 2 is 2.20 bits per heavy atom. The fourth-order valence-electron chi connectivity index (χ4n) is 2.45. The van der Waals surface area contributed by atoms with Gasteiger partial charge >= 0.3 is 0 Å². The van der Waals surface area contributed by atoms with Crippen molar-refractivity contribution in [3.8, 4) is 6.07 Å². The predicted molar refractivity (Wildman–Crippen MR) is 78.0 cm³/mol. The van der Waals surface area contributed by atoms with Crippen molar-refractivity contribution < 1.29 is 4.79 Å². The first-order valence-electron chi connectivity index (χ1n) is 6.93. The van der Waals surface area contributed by atoms with Gasteiger partial charge in [0.1, 0.15) is 0 Å². The number of carbonyl (C=O) groups is 1. The van der Waals surface area contributed by atoms with E-state index in [9.17, 15) is 4.79 Å². The van der Waals surface area contributed by atoms with Crippen LogP contribution >= 0.6 is 0 Å². The SMILES string of the molecule is N#Cc1cccc(NC(=O)CN2CCC(CN)CC2)c1. The van der Waals surface area contributed by atoms with Crippen molar-refractivity contribution in [2.75, 3.05) is 31.5 Å². The Hall–Kier alpha value is -1.90. The molecule has 1 saturated heterocycles. The zero-order valence-electron chi connectivity index (χ0n) is 11.5. The number of anilines is 1. The van der Waals surface area contributed by atoms with Crippen LogP contribution in [0.2, 0.25) is 0 Å². The molecule has 5 heteroatoms. The van der Waals surface area contributed by atoms with Gasteiger partial charge in [0.25, 0.3) is 0 Å². The molecular formula is C15H20N4O. The summed E-state index contributed by atoms with van der Waals surface area (Å²) in [5.41, 5.74) is 6.88. The fraction of sp³-hybridized carbons (Fsp3) is 0.467. The number of likely N-dealkylation sites (tertiary alicyclic amines) is 1. The molecule has 0 saturated carbocycles. The van der Waals surface area contributed by atoms with E-state index < -0.39 is 0 Å². The maximum absolute atomic E-state index is 12.0. The number of nitriles is 1. The molecule has 0 aliphatic carbocycles. The number of hydrogen-bond acceptors (Lipinski definition) is 4. The van der Waals surface area contributed by atoms with E-state index in [0.717, 1.165) is 32.5 Å². The summed E-state index contributed by atoms with van der Waals surface area (Å²) in [5.74, 6) is 0.563. The van der Waals surface area contributed by atoms with Gasteiger partial charge in [0.2, 0.25) is 5.91 Å². The maximum atomic E-state index is 12.0. The lowest BCUT2D eigenvalue weighted by atomic mass is 9.97. The van der Waals surface area contributed by atoms with Crippen LogP contribution in [-0.4, -0.2) is 37.0 Å². The van der Waals surface area contributed by atoms with Gasteiger partial charge in [-0.1, -0.05) is 6.07 Å². The van der Waals surface area contributed by atoms with Gasteiger partial charge in [-0.25, -0.2) is 0 Å². The first-order valence-corrected chi connectivity index (χ1v) is 6.93. The molecule has 1 heterocycles. The van der Waals surface area contributed by atoms with Crippen molar-refractivity contribution in [2.24, 2.45) is 11.7 Å². The van der Waals surface area contributed by atoms with Crippen LogP contribution in [0.1, 0.15) is 18.4 Å². The van der Waals surface area contributed by atoms with Crippen molar-refractivity contribution in [3.05, 3.63) is 29.8 Å². The van der Waals surface area contributed by atoms with Crippen molar-refractivity contribution in [2.45, 2.75) is 12.8 Å². The number of nitrogens with two attached hydrogens (primary N) is 1. The highest BCUT2D eigenvalue weighted by Crippen LogP contribution is 2.16. The van der Waals surface area contributed by atoms with Crippen LogP contribution in [0.25, 0.3) is 0 Å². The van der Waals surface area contributed by atoms with Gasteiger partial charge in [-0.2, -0.15) is 5.26 Å². The molecule has 1 fully saturated rings. The molecule has 0 aromatic heterocycles. The average Bonchev–Trinajstić information content (AvgIpc) is 2.48. The van der Waals surface area contributed by atoms with E-state index in [1.165, 1.54) is 0 Å². The summed E-state index contributed by atoms with van der Waals surface area (Å²) in [4.78, 5) is 14.1. The van der Waals surface area contributed by atoms with Crippen molar-refractivity contribution >= 4 is 11.6 Å². The third-order valence-corrected chi connectivity index (χ3v) is 3.68. The minimum absolute atomic E-state index is 0.0358. The minimum Gasteiger partial charge on any atom is -0.330 e. The molecule has 1 aromatic rings. The van der Waals surface area contributed by atoms with Crippen molar-refractivity contribution in [3.63, 3.8) is 0 Å². The van der Waals surface area contributed by atoms with E-state index in [-0.39, 0.29) is 5.91 Å². The van der Waals surface area contributed by atoms with Gasteiger partial charge in [0, 0.05) is 5.69 Å². The van der Waals surface area contributed by atoms with Crippen molar-refractivity contribution in [1.82, 2.24) is 4.90 Å². The molecular weight excluding hydrogens is 252 g/mol. The average molecular weight is 272 g/mol. The zero-order chi connectivity index (χ0) is 14.4. The number of amides is 1. The first-order chi connectivity index (χ1) is 9.71. The standard InChI is InChI=1S/C15H20N4O/c16-9-12-4-6-19(7-5-12)11-15(20)18-14-3-1-2-13(8-14)10-17/h1-3,8,12H,4-7,9,11,16H2,(H,18,20). The third kappa shape index (κ3) is 4.05. The third-order valence-electron chi connectivity index (χ3n) is 3.68. The molecule has 0 spiro atoms. The van der Waals surface area contributed by atoms with Crippen LogP contribution in [0.4, 0.5) is 5.69 Å². The number of hydrogen-bond donors (Lipinski definition) is 2. The number of benzene rings is 1. The smallest absolute Gasteiger partial charge is 0.238 e. The number of carbonyl (C=O) groups excluding carboxylic acids is 1. The Balaban J connectivity index is 1.82. The second kappa shape index (κ2) is 7.04. The van der Waals surface area contributed by atoms with Crippen LogP contribution in [-0.2, 0) is 4.79 Å². The summed E-state index contributed by atoms with van der Waals surface area (Å²) < 4.78 is 0. The second-order valence-electron chi connectivity index (χ2n) is 5.20. The first kappa shape index (κ1) is 14.5. The zero-order valence-corrected chi connectivity index (χ0v) is 11.5. The number of piperidine rings is 1. The molecule has 0 radical (unpaired) electrons. The second-order valence-corrected chi connectivity index (χ2v) is 5.20. The number of nitrogens with one attached hydrogen (secondary N) is 1. The predicted octanol–water partition coefficient (Wildman–Crippen LogP) is 1.17. The maximum Gasteiger partial charge on any atom is 0.238 e. The molecule has 106 valence electrons. The number of nitrogens with zero attached hydrogens (tertiary/aromatic N) is 2. The Morgan fingerprint density at radius 1 is 1.45 bits per heavy atom. The van der Waals surface area contributed by atoms with Gasteiger partial charge in [0.05, 0.1) is 18.2 Å². The lowest BCUT2D eigenvalue weighted by Crippen LogP contribution is -2.40. The number of rotatable bonds is 4. The molecule has 20 heavy (non-hydrogen) atoms. The van der Waals surface area contributed by atoms with E-state index in [1.807, 2.05) is 0 Å². The Kier molecular flexibility index (Phi) is 5.10. The molecule has 2 rings (SSSR count). The highest BCUT2D eigenvalue weighted by Gasteiger charge is 2.19. The lowest BCUT2D eigenvalue weighted by Gasteiger charge is -2.30. The molecule has 1 amide bonds. The summed E-state index contributed by atoms with van der Waals surface area (Å²) in [6, 6.07) is 9.01. The van der Waals surface area contributed by atoms with Gasteiger partial charge < -0.3 is 11.1 Å². The monoisotopic (exact) mass is 272 g/mol. The van der Waals surface area contributed by atoms with E-state index in [1.54, 1.807) is 24.3 Å². The summed E-state index contributed by atoms with van der Waals surface area (Å²) >= 11 is 0. The van der Waals surface area contributed by atoms with Gasteiger partial charge in [-0.3, -0.25) is 9.69 Å². The summed E-state index contributed by atoms with van der Waals surface area (Å²) in [7, 11) is 0. The molecule has 5 nitrogen and oxygen atoms in total. The van der Waals surface area contributed by atoms with Crippen LogP contribution in [0.3, 0.4) is 0 Å². The molecule has 1 aromatic carbocycles. The Morgan fingerprint density at radius 3 is 2.85 bits per heavy atom. The fourth-order valence-corrected chi connectivity index (χ4v) is 2.45. The summed E-state index contributed by atoms with van der Waals surface area (Å²) in [5, 5.41) is 11.7. The topological polar surface area (TPSA) is 82.2 Å². The van der Waals surface area contributed by atoms with Crippen LogP contribution in [0.15, 0.2) is 24.3 Å². The molecule has 1 aliphatic heterocycles. The van der Waals surface area contributed by atoms with Crippen molar-refractivity contribution in [1.29, 1.82) is 5.26 Å². The van der Waals surface area contributed by atoms with E-state index in [4.69, 9.17) is 11.0 Å². The quantitative estimate of drug-likeness (QED) is 0.862. The van der Waals surface area contributed by atoms with Crippen LogP contribution < -0.4 is 11.1 Å². The molecule has 3 N–H and O–H groups in total. The van der Waals surface area contributed by atoms with Gasteiger partial charge in [0.15, 0.2) is 0 Å². The van der Waals surface area contributed by atoms with Gasteiger partial charge in [-0.05, 0) is 56.6 Å².